The van der Waals surface area contributed by atoms with Gasteiger partial charge in [-0.3, -0.25) is 5.32 Å². The second kappa shape index (κ2) is 6.27. The Hall–Kier alpha value is -1.55. The minimum absolute atomic E-state index is 0.0462. The van der Waals surface area contributed by atoms with Gasteiger partial charge in [-0.15, -0.1) is 0 Å². The number of carbonyl (C=O) groups is 1. The monoisotopic (exact) mass is 278 g/mol. The molecular formula is C16H26N2O2. The quantitative estimate of drug-likeness (QED) is 0.885. The van der Waals surface area contributed by atoms with Gasteiger partial charge in [0, 0.05) is 5.69 Å². The summed E-state index contributed by atoms with van der Waals surface area (Å²) in [4.78, 5) is 11.7. The molecule has 1 aromatic rings. The number of rotatable bonds is 4. The van der Waals surface area contributed by atoms with Crippen molar-refractivity contribution in [3.8, 4) is 0 Å². The zero-order valence-electron chi connectivity index (χ0n) is 13.1. The predicted molar refractivity (Wildman–Crippen MR) is 82.8 cm³/mol. The summed E-state index contributed by atoms with van der Waals surface area (Å²) in [5.74, 6) is 0. The van der Waals surface area contributed by atoms with E-state index in [1.807, 2.05) is 45.0 Å². The van der Waals surface area contributed by atoms with Crippen LogP contribution in [-0.2, 0) is 11.2 Å². The first kappa shape index (κ1) is 16.5. The fourth-order valence-electron chi connectivity index (χ4n) is 1.81. The summed E-state index contributed by atoms with van der Waals surface area (Å²) in [6.07, 6.45) is 0.431. The van der Waals surface area contributed by atoms with E-state index in [-0.39, 0.29) is 5.41 Å². The van der Waals surface area contributed by atoms with Crippen LogP contribution in [0.3, 0.4) is 0 Å². The van der Waals surface area contributed by atoms with E-state index in [0.29, 0.717) is 6.54 Å². The smallest absolute Gasteiger partial charge is 0.412 e. The third-order valence-electron chi connectivity index (χ3n) is 2.81. The zero-order chi connectivity index (χ0) is 15.4. The first-order chi connectivity index (χ1) is 9.11. The standard InChI is InChI=1S/C16H26N2O2/c1-15(2,3)20-14(19)18-13-8-6-7-12(9-13)10-16(4,5)11-17/h6-9H,10-11,17H2,1-5H3,(H,18,19). The number of hydrogen-bond donors (Lipinski definition) is 2. The number of nitrogens with one attached hydrogen (secondary N) is 1. The minimum Gasteiger partial charge on any atom is -0.444 e. The summed E-state index contributed by atoms with van der Waals surface area (Å²) in [5, 5.41) is 2.75. The fourth-order valence-corrected chi connectivity index (χ4v) is 1.81. The third kappa shape index (κ3) is 6.06. The van der Waals surface area contributed by atoms with Crippen LogP contribution in [0.15, 0.2) is 24.3 Å². The molecule has 0 aliphatic carbocycles. The number of ether oxygens (including phenoxy) is 1. The molecule has 0 atom stereocenters. The highest BCUT2D eigenvalue weighted by Crippen LogP contribution is 2.22. The van der Waals surface area contributed by atoms with E-state index in [9.17, 15) is 4.79 Å². The molecule has 0 aromatic heterocycles. The Balaban J connectivity index is 2.71. The normalized spacial score (nSPS) is 12.1. The number of hydrogen-bond acceptors (Lipinski definition) is 3. The average molecular weight is 278 g/mol. The van der Waals surface area contributed by atoms with Crippen molar-refractivity contribution < 1.29 is 9.53 Å². The molecule has 1 rings (SSSR count). The van der Waals surface area contributed by atoms with E-state index >= 15 is 0 Å². The van der Waals surface area contributed by atoms with Gasteiger partial charge < -0.3 is 10.5 Å². The largest absolute Gasteiger partial charge is 0.444 e. The molecule has 0 fully saturated rings. The van der Waals surface area contributed by atoms with Crippen molar-refractivity contribution in [3.63, 3.8) is 0 Å². The first-order valence-electron chi connectivity index (χ1n) is 6.90. The summed E-state index contributed by atoms with van der Waals surface area (Å²) >= 11 is 0. The Labute approximate surface area is 121 Å². The van der Waals surface area contributed by atoms with Crippen LogP contribution in [0.4, 0.5) is 10.5 Å². The van der Waals surface area contributed by atoms with Crippen LogP contribution >= 0.6 is 0 Å². The molecule has 0 saturated carbocycles. The van der Waals surface area contributed by atoms with E-state index < -0.39 is 11.7 Å². The van der Waals surface area contributed by atoms with Crippen LogP contribution in [0.2, 0.25) is 0 Å². The maximum atomic E-state index is 11.7. The number of anilines is 1. The van der Waals surface area contributed by atoms with E-state index in [0.717, 1.165) is 17.7 Å². The van der Waals surface area contributed by atoms with Gasteiger partial charge in [0.25, 0.3) is 0 Å². The lowest BCUT2D eigenvalue weighted by Crippen LogP contribution is -2.27. The molecule has 4 heteroatoms. The highest BCUT2D eigenvalue weighted by molar-refractivity contribution is 5.84. The van der Waals surface area contributed by atoms with Crippen LogP contribution in [0, 0.1) is 5.41 Å². The van der Waals surface area contributed by atoms with Gasteiger partial charge in [0.2, 0.25) is 0 Å². The number of nitrogens with two attached hydrogens (primary N) is 1. The summed E-state index contributed by atoms with van der Waals surface area (Å²) in [5.41, 5.74) is 7.19. The van der Waals surface area contributed by atoms with Crippen LogP contribution in [0.5, 0.6) is 0 Å². The van der Waals surface area contributed by atoms with Crippen molar-refractivity contribution in [1.29, 1.82) is 0 Å². The highest BCUT2D eigenvalue weighted by atomic mass is 16.6. The molecular weight excluding hydrogens is 252 g/mol. The van der Waals surface area contributed by atoms with Crippen molar-refractivity contribution in [2.75, 3.05) is 11.9 Å². The Kier molecular flexibility index (Phi) is 5.17. The highest BCUT2D eigenvalue weighted by Gasteiger charge is 2.18. The summed E-state index contributed by atoms with van der Waals surface area (Å²) in [6, 6.07) is 7.77. The molecule has 0 radical (unpaired) electrons. The Morgan fingerprint density at radius 1 is 1.25 bits per heavy atom. The molecule has 4 nitrogen and oxygen atoms in total. The summed E-state index contributed by atoms with van der Waals surface area (Å²) < 4.78 is 5.23. The Morgan fingerprint density at radius 2 is 1.90 bits per heavy atom. The molecule has 3 N–H and O–H groups in total. The third-order valence-corrected chi connectivity index (χ3v) is 2.81. The molecule has 0 spiro atoms. The molecule has 1 amide bonds. The topological polar surface area (TPSA) is 64.3 Å². The number of amides is 1. The summed E-state index contributed by atoms with van der Waals surface area (Å²) in [7, 11) is 0. The van der Waals surface area contributed by atoms with E-state index in [1.165, 1.54) is 0 Å². The van der Waals surface area contributed by atoms with Crippen molar-refractivity contribution in [3.05, 3.63) is 29.8 Å². The first-order valence-corrected chi connectivity index (χ1v) is 6.90. The van der Waals surface area contributed by atoms with Gasteiger partial charge in [-0.25, -0.2) is 4.79 Å². The van der Waals surface area contributed by atoms with Gasteiger partial charge in [-0.1, -0.05) is 26.0 Å². The van der Waals surface area contributed by atoms with E-state index in [1.54, 1.807) is 0 Å². The SMILES string of the molecule is CC(C)(CN)Cc1cccc(NC(=O)OC(C)(C)C)c1. The van der Waals surface area contributed by atoms with Crippen LogP contribution < -0.4 is 11.1 Å². The molecule has 0 bridgehead atoms. The van der Waals surface area contributed by atoms with Gasteiger partial charge in [-0.2, -0.15) is 0 Å². The molecule has 0 heterocycles. The molecule has 20 heavy (non-hydrogen) atoms. The second-order valence-electron chi connectivity index (χ2n) is 6.87. The van der Waals surface area contributed by atoms with Gasteiger partial charge in [-0.05, 0) is 56.8 Å². The van der Waals surface area contributed by atoms with Gasteiger partial charge in [0.05, 0.1) is 0 Å². The van der Waals surface area contributed by atoms with Crippen molar-refractivity contribution >= 4 is 11.8 Å². The molecule has 0 unspecified atom stereocenters. The number of benzene rings is 1. The van der Waals surface area contributed by atoms with Crippen LogP contribution in [0.25, 0.3) is 0 Å². The second-order valence-corrected chi connectivity index (χ2v) is 6.87. The zero-order valence-corrected chi connectivity index (χ0v) is 13.1. The molecule has 0 aliphatic heterocycles. The lowest BCUT2D eigenvalue weighted by Gasteiger charge is -2.23. The summed E-state index contributed by atoms with van der Waals surface area (Å²) in [6.45, 7) is 10.4. The Bertz CT molecular complexity index is 462. The van der Waals surface area contributed by atoms with Gasteiger partial charge >= 0.3 is 6.09 Å². The van der Waals surface area contributed by atoms with Crippen molar-refractivity contribution in [2.24, 2.45) is 11.1 Å². The lowest BCUT2D eigenvalue weighted by molar-refractivity contribution is 0.0636. The molecule has 112 valence electrons. The van der Waals surface area contributed by atoms with Crippen molar-refractivity contribution in [2.45, 2.75) is 46.6 Å². The maximum absolute atomic E-state index is 11.7. The number of carbonyl (C=O) groups excluding carboxylic acids is 1. The minimum atomic E-state index is -0.497. The van der Waals surface area contributed by atoms with Crippen LogP contribution in [0.1, 0.15) is 40.2 Å². The molecule has 0 saturated heterocycles. The van der Waals surface area contributed by atoms with Gasteiger partial charge in [0.15, 0.2) is 0 Å². The predicted octanol–water partition coefficient (Wildman–Crippen LogP) is 3.56. The van der Waals surface area contributed by atoms with Crippen molar-refractivity contribution in [1.82, 2.24) is 0 Å². The Morgan fingerprint density at radius 3 is 2.45 bits per heavy atom. The average Bonchev–Trinajstić information content (AvgIpc) is 2.26. The van der Waals surface area contributed by atoms with E-state index in [2.05, 4.69) is 19.2 Å². The maximum Gasteiger partial charge on any atom is 0.412 e. The van der Waals surface area contributed by atoms with E-state index in [4.69, 9.17) is 10.5 Å². The lowest BCUT2D eigenvalue weighted by atomic mass is 9.86. The molecule has 1 aromatic carbocycles. The van der Waals surface area contributed by atoms with Crippen LogP contribution in [-0.4, -0.2) is 18.2 Å². The molecule has 0 aliphatic rings. The van der Waals surface area contributed by atoms with Gasteiger partial charge in [0.1, 0.15) is 5.60 Å². The fraction of sp³-hybridized carbons (Fsp3) is 0.562.